The van der Waals surface area contributed by atoms with Crippen LogP contribution in [0.3, 0.4) is 0 Å². The van der Waals surface area contributed by atoms with Crippen LogP contribution in [0.15, 0.2) is 6.07 Å². The Morgan fingerprint density at radius 1 is 1.32 bits per heavy atom. The molecule has 0 bridgehead atoms. The topological polar surface area (TPSA) is 52.6 Å². The first-order valence-electron chi connectivity index (χ1n) is 6.74. The van der Waals surface area contributed by atoms with Crippen LogP contribution >= 0.6 is 0 Å². The van der Waals surface area contributed by atoms with E-state index in [9.17, 15) is 9.59 Å². The fourth-order valence-electron chi connectivity index (χ4n) is 2.98. The third-order valence-electron chi connectivity index (χ3n) is 3.79. The molecule has 0 atom stereocenters. The van der Waals surface area contributed by atoms with Gasteiger partial charge in [0.2, 0.25) is 0 Å². The molecule has 0 spiro atoms. The van der Waals surface area contributed by atoms with Gasteiger partial charge in [0.05, 0.1) is 17.7 Å². The van der Waals surface area contributed by atoms with Gasteiger partial charge in [0, 0.05) is 5.56 Å². The van der Waals surface area contributed by atoms with Crippen LogP contribution in [0.4, 0.5) is 0 Å². The lowest BCUT2D eigenvalue weighted by Gasteiger charge is -2.20. The molecule has 1 heterocycles. The number of carbonyl (C=O) groups excluding carboxylic acids is 2. The van der Waals surface area contributed by atoms with E-state index in [0.717, 1.165) is 42.4 Å². The third-order valence-corrected chi connectivity index (χ3v) is 3.79. The lowest BCUT2D eigenvalue weighted by atomic mass is 9.83. The summed E-state index contributed by atoms with van der Waals surface area (Å²) in [7, 11) is 0. The zero-order chi connectivity index (χ0) is 13.4. The lowest BCUT2D eigenvalue weighted by molar-refractivity contribution is 0.0520. The van der Waals surface area contributed by atoms with Crippen molar-refractivity contribution in [2.24, 2.45) is 0 Å². The fraction of sp³-hybridized carbons (Fsp3) is 0.467. The van der Waals surface area contributed by atoms with E-state index < -0.39 is 0 Å². The van der Waals surface area contributed by atoms with Gasteiger partial charge in [-0.3, -0.25) is 0 Å². The van der Waals surface area contributed by atoms with Crippen LogP contribution in [0.2, 0.25) is 0 Å². The summed E-state index contributed by atoms with van der Waals surface area (Å²) in [6.45, 7) is 2.43. The number of esters is 2. The van der Waals surface area contributed by atoms with Crippen molar-refractivity contribution in [2.75, 3.05) is 6.61 Å². The maximum absolute atomic E-state index is 12.1. The number of carbonyl (C=O) groups is 2. The Balaban J connectivity index is 2.16. The molecule has 1 aromatic carbocycles. The first kappa shape index (κ1) is 12.2. The predicted octanol–water partition coefficient (Wildman–Crippen LogP) is 2.41. The fourth-order valence-corrected chi connectivity index (χ4v) is 2.98. The summed E-state index contributed by atoms with van der Waals surface area (Å²) < 4.78 is 10.2. The van der Waals surface area contributed by atoms with Crippen LogP contribution in [0, 0.1) is 0 Å². The first-order valence-corrected chi connectivity index (χ1v) is 6.74. The zero-order valence-corrected chi connectivity index (χ0v) is 11.0. The van der Waals surface area contributed by atoms with Gasteiger partial charge < -0.3 is 9.47 Å². The Hall–Kier alpha value is -1.84. The first-order chi connectivity index (χ1) is 9.22. The molecule has 0 amide bonds. The number of hydrogen-bond donors (Lipinski definition) is 0. The van der Waals surface area contributed by atoms with Gasteiger partial charge in [-0.1, -0.05) is 0 Å². The minimum Gasteiger partial charge on any atom is -0.462 e. The van der Waals surface area contributed by atoms with E-state index in [4.69, 9.17) is 9.47 Å². The van der Waals surface area contributed by atoms with E-state index in [-0.39, 0.29) is 18.5 Å². The van der Waals surface area contributed by atoms with Gasteiger partial charge in [-0.25, -0.2) is 9.59 Å². The molecule has 0 saturated heterocycles. The number of ether oxygens (including phenoxy) is 2. The van der Waals surface area contributed by atoms with Crippen molar-refractivity contribution in [3.63, 3.8) is 0 Å². The minimum atomic E-state index is -0.289. The van der Waals surface area contributed by atoms with Gasteiger partial charge in [0.1, 0.15) is 6.61 Å². The standard InChI is InChI=1S/C15H16O4/c1-2-18-14(16)12-7-9-8-19-15(17)13(9)11-6-4-3-5-10(11)12/h7H,2-6,8H2,1H3. The Bertz CT molecular complexity index is 560. The normalized spacial score (nSPS) is 16.6. The van der Waals surface area contributed by atoms with Crippen LogP contribution in [0.5, 0.6) is 0 Å². The van der Waals surface area contributed by atoms with E-state index >= 15 is 0 Å². The second-order valence-corrected chi connectivity index (χ2v) is 4.92. The highest BCUT2D eigenvalue weighted by molar-refractivity contribution is 5.99. The number of hydrogen-bond acceptors (Lipinski definition) is 4. The van der Waals surface area contributed by atoms with Crippen molar-refractivity contribution in [1.82, 2.24) is 0 Å². The summed E-state index contributed by atoms with van der Waals surface area (Å²) >= 11 is 0. The summed E-state index contributed by atoms with van der Waals surface area (Å²) in [6, 6.07) is 1.78. The highest BCUT2D eigenvalue weighted by Gasteiger charge is 2.31. The van der Waals surface area contributed by atoms with Crippen molar-refractivity contribution in [2.45, 2.75) is 39.2 Å². The smallest absolute Gasteiger partial charge is 0.339 e. The van der Waals surface area contributed by atoms with Crippen LogP contribution in [0.1, 0.15) is 57.2 Å². The lowest BCUT2D eigenvalue weighted by Crippen LogP contribution is -2.16. The monoisotopic (exact) mass is 260 g/mol. The largest absolute Gasteiger partial charge is 0.462 e. The Morgan fingerprint density at radius 2 is 2.05 bits per heavy atom. The Labute approximate surface area is 111 Å². The molecular formula is C15H16O4. The number of fused-ring (bicyclic) bond motifs is 3. The summed E-state index contributed by atoms with van der Waals surface area (Å²) in [5, 5.41) is 0. The minimum absolute atomic E-state index is 0.247. The molecule has 1 aliphatic carbocycles. The number of rotatable bonds is 2. The van der Waals surface area contributed by atoms with Crippen LogP contribution in [0.25, 0.3) is 0 Å². The molecule has 1 aromatic rings. The summed E-state index contributed by atoms with van der Waals surface area (Å²) in [5.74, 6) is -0.536. The van der Waals surface area contributed by atoms with Gasteiger partial charge in [0.15, 0.2) is 0 Å². The van der Waals surface area contributed by atoms with Crippen molar-refractivity contribution >= 4 is 11.9 Å². The highest BCUT2D eigenvalue weighted by atomic mass is 16.5. The maximum atomic E-state index is 12.1. The predicted molar refractivity (Wildman–Crippen MR) is 68.2 cm³/mol. The molecule has 2 aliphatic rings. The molecule has 0 aromatic heterocycles. The molecule has 19 heavy (non-hydrogen) atoms. The van der Waals surface area contributed by atoms with Crippen molar-refractivity contribution in [1.29, 1.82) is 0 Å². The van der Waals surface area contributed by atoms with E-state index in [1.54, 1.807) is 13.0 Å². The molecular weight excluding hydrogens is 244 g/mol. The van der Waals surface area contributed by atoms with Crippen molar-refractivity contribution in [3.8, 4) is 0 Å². The highest BCUT2D eigenvalue weighted by Crippen LogP contribution is 2.34. The number of benzene rings is 1. The molecule has 4 heteroatoms. The Kier molecular flexibility index (Phi) is 3.01. The third kappa shape index (κ3) is 1.91. The quantitative estimate of drug-likeness (QED) is 0.766. The Morgan fingerprint density at radius 3 is 2.79 bits per heavy atom. The molecule has 3 rings (SSSR count). The van der Waals surface area contributed by atoms with Crippen LogP contribution in [-0.4, -0.2) is 18.5 Å². The maximum Gasteiger partial charge on any atom is 0.339 e. The molecule has 0 radical (unpaired) electrons. The number of cyclic esters (lactones) is 1. The van der Waals surface area contributed by atoms with Gasteiger partial charge in [0.25, 0.3) is 0 Å². The average Bonchev–Trinajstić information content (AvgIpc) is 2.80. The molecule has 0 fully saturated rings. The van der Waals surface area contributed by atoms with Crippen LogP contribution < -0.4 is 0 Å². The van der Waals surface area contributed by atoms with Crippen LogP contribution in [-0.2, 0) is 28.9 Å². The van der Waals surface area contributed by atoms with Gasteiger partial charge in [-0.15, -0.1) is 0 Å². The molecule has 0 unspecified atom stereocenters. The van der Waals surface area contributed by atoms with E-state index in [1.165, 1.54) is 0 Å². The van der Waals surface area contributed by atoms with Crippen molar-refractivity contribution < 1.29 is 19.1 Å². The molecule has 100 valence electrons. The second-order valence-electron chi connectivity index (χ2n) is 4.92. The molecule has 4 nitrogen and oxygen atoms in total. The summed E-state index contributed by atoms with van der Waals surface area (Å²) in [4.78, 5) is 23.9. The SMILES string of the molecule is CCOC(=O)c1cc2c(c3c1CCCC3)C(=O)OC2. The second kappa shape index (κ2) is 4.68. The average molecular weight is 260 g/mol. The van der Waals surface area contributed by atoms with E-state index in [2.05, 4.69) is 0 Å². The van der Waals surface area contributed by atoms with Gasteiger partial charge >= 0.3 is 11.9 Å². The zero-order valence-electron chi connectivity index (χ0n) is 11.0. The molecule has 0 N–H and O–H groups in total. The van der Waals surface area contributed by atoms with E-state index in [1.807, 2.05) is 0 Å². The van der Waals surface area contributed by atoms with Gasteiger partial charge in [-0.2, -0.15) is 0 Å². The molecule has 0 saturated carbocycles. The molecule has 1 aliphatic heterocycles. The summed E-state index contributed by atoms with van der Waals surface area (Å²) in [5.41, 5.74) is 4.14. The van der Waals surface area contributed by atoms with E-state index in [0.29, 0.717) is 17.7 Å². The van der Waals surface area contributed by atoms with Crippen molar-refractivity contribution in [3.05, 3.63) is 33.9 Å². The summed E-state index contributed by atoms with van der Waals surface area (Å²) in [6.07, 6.45) is 3.79. The van der Waals surface area contributed by atoms with Gasteiger partial charge in [-0.05, 0) is 49.8 Å².